The van der Waals surface area contributed by atoms with E-state index >= 15 is 0 Å². The van der Waals surface area contributed by atoms with Gasteiger partial charge in [0, 0.05) is 12.1 Å². The number of hydrogen-bond acceptors (Lipinski definition) is 6. The summed E-state index contributed by atoms with van der Waals surface area (Å²) < 4.78 is 37.9. The Kier molecular flexibility index (Phi) is 6.28. The van der Waals surface area contributed by atoms with E-state index in [2.05, 4.69) is 10.3 Å². The SMILES string of the molecule is COc1cccc(CCNc2oc(-c3ccccc3C)nc2S(=O)(=O)c2ccccc2)c1. The van der Waals surface area contributed by atoms with Crippen LogP contribution in [0.2, 0.25) is 0 Å². The van der Waals surface area contributed by atoms with Gasteiger partial charge in [0.2, 0.25) is 26.6 Å². The number of methoxy groups -OCH3 is 1. The highest BCUT2D eigenvalue weighted by Crippen LogP contribution is 2.33. The number of aromatic nitrogens is 1. The van der Waals surface area contributed by atoms with Crippen molar-refractivity contribution in [1.82, 2.24) is 4.98 Å². The summed E-state index contributed by atoms with van der Waals surface area (Å²) in [6.07, 6.45) is 0.655. The molecule has 0 atom stereocenters. The van der Waals surface area contributed by atoms with Crippen molar-refractivity contribution in [2.24, 2.45) is 0 Å². The van der Waals surface area contributed by atoms with Gasteiger partial charge in [0.05, 0.1) is 12.0 Å². The van der Waals surface area contributed by atoms with Crippen LogP contribution in [0.1, 0.15) is 11.1 Å². The van der Waals surface area contributed by atoms with E-state index < -0.39 is 9.84 Å². The van der Waals surface area contributed by atoms with Crippen molar-refractivity contribution in [3.8, 4) is 17.2 Å². The Hall–Kier alpha value is -3.58. The molecule has 32 heavy (non-hydrogen) atoms. The molecule has 0 unspecified atom stereocenters. The number of aryl methyl sites for hydroxylation is 1. The van der Waals surface area contributed by atoms with Crippen molar-refractivity contribution in [3.63, 3.8) is 0 Å². The van der Waals surface area contributed by atoms with E-state index in [4.69, 9.17) is 9.15 Å². The Balaban J connectivity index is 1.67. The van der Waals surface area contributed by atoms with Gasteiger partial charge in [-0.15, -0.1) is 0 Å². The molecule has 6 nitrogen and oxygen atoms in total. The summed E-state index contributed by atoms with van der Waals surface area (Å²) in [7, 11) is -2.24. The molecule has 0 fully saturated rings. The van der Waals surface area contributed by atoms with Gasteiger partial charge >= 0.3 is 0 Å². The molecule has 0 saturated carbocycles. The van der Waals surface area contributed by atoms with Gasteiger partial charge in [-0.2, -0.15) is 4.98 Å². The molecule has 0 spiro atoms. The summed E-state index contributed by atoms with van der Waals surface area (Å²) in [5.74, 6) is 1.17. The fourth-order valence-electron chi connectivity index (χ4n) is 3.39. The second-order valence-electron chi connectivity index (χ2n) is 7.31. The summed E-state index contributed by atoms with van der Waals surface area (Å²) in [4.78, 5) is 4.57. The Labute approximate surface area is 187 Å². The quantitative estimate of drug-likeness (QED) is 0.402. The van der Waals surface area contributed by atoms with E-state index in [-0.39, 0.29) is 21.7 Å². The Morgan fingerprint density at radius 2 is 1.72 bits per heavy atom. The minimum Gasteiger partial charge on any atom is -0.497 e. The average molecular weight is 449 g/mol. The third-order valence-electron chi connectivity index (χ3n) is 5.11. The summed E-state index contributed by atoms with van der Waals surface area (Å²) in [6, 6.07) is 23.6. The van der Waals surface area contributed by atoms with Crippen molar-refractivity contribution in [2.45, 2.75) is 23.3 Å². The van der Waals surface area contributed by atoms with Gasteiger partial charge in [-0.05, 0) is 54.8 Å². The molecule has 4 rings (SSSR count). The molecule has 1 heterocycles. The fraction of sp³-hybridized carbons (Fsp3) is 0.160. The summed E-state index contributed by atoms with van der Waals surface area (Å²) >= 11 is 0. The van der Waals surface area contributed by atoms with Crippen molar-refractivity contribution >= 4 is 15.7 Å². The molecular formula is C25H24N2O4S. The largest absolute Gasteiger partial charge is 0.497 e. The summed E-state index contributed by atoms with van der Waals surface area (Å²) in [6.45, 7) is 2.40. The summed E-state index contributed by atoms with van der Waals surface area (Å²) in [5.41, 5.74) is 2.75. The Bertz CT molecular complexity index is 1310. The number of rotatable bonds is 8. The fourth-order valence-corrected chi connectivity index (χ4v) is 4.69. The van der Waals surface area contributed by atoms with Gasteiger partial charge in [0.15, 0.2) is 0 Å². The first-order valence-electron chi connectivity index (χ1n) is 10.2. The zero-order valence-corrected chi connectivity index (χ0v) is 18.7. The highest BCUT2D eigenvalue weighted by Gasteiger charge is 2.28. The molecule has 3 aromatic carbocycles. The van der Waals surface area contributed by atoms with E-state index in [0.29, 0.717) is 13.0 Å². The lowest BCUT2D eigenvalue weighted by Gasteiger charge is -2.07. The number of sulfone groups is 1. The maximum Gasteiger partial charge on any atom is 0.233 e. The predicted octanol–water partition coefficient (Wildman–Crippen LogP) is 5.15. The lowest BCUT2D eigenvalue weighted by Crippen LogP contribution is -2.09. The van der Waals surface area contributed by atoms with Crippen molar-refractivity contribution in [1.29, 1.82) is 0 Å². The maximum absolute atomic E-state index is 13.3. The van der Waals surface area contributed by atoms with E-state index in [1.807, 2.05) is 55.5 Å². The van der Waals surface area contributed by atoms with Crippen molar-refractivity contribution in [2.75, 3.05) is 19.0 Å². The minimum absolute atomic E-state index is 0.118. The highest BCUT2D eigenvalue weighted by molar-refractivity contribution is 7.91. The normalized spacial score (nSPS) is 11.3. The molecule has 164 valence electrons. The monoisotopic (exact) mass is 448 g/mol. The van der Waals surface area contributed by atoms with E-state index in [0.717, 1.165) is 22.4 Å². The molecule has 0 aliphatic carbocycles. The second kappa shape index (κ2) is 9.28. The van der Waals surface area contributed by atoms with Crippen LogP contribution < -0.4 is 10.1 Å². The molecule has 0 aliphatic heterocycles. The molecule has 1 aromatic heterocycles. The molecule has 0 radical (unpaired) electrons. The molecular weight excluding hydrogens is 424 g/mol. The van der Waals surface area contributed by atoms with E-state index in [1.165, 1.54) is 0 Å². The topological polar surface area (TPSA) is 81.4 Å². The lowest BCUT2D eigenvalue weighted by atomic mass is 10.1. The van der Waals surface area contributed by atoms with Gasteiger partial charge in [-0.1, -0.05) is 48.5 Å². The number of nitrogens with one attached hydrogen (secondary N) is 1. The summed E-state index contributed by atoms with van der Waals surface area (Å²) in [5, 5.41) is 3.02. The van der Waals surface area contributed by atoms with Crippen LogP contribution >= 0.6 is 0 Å². The second-order valence-corrected chi connectivity index (χ2v) is 9.18. The predicted molar refractivity (Wildman–Crippen MR) is 124 cm³/mol. The third-order valence-corrected chi connectivity index (χ3v) is 6.79. The molecule has 1 N–H and O–H groups in total. The highest BCUT2D eigenvalue weighted by atomic mass is 32.2. The number of ether oxygens (including phenoxy) is 1. The van der Waals surface area contributed by atoms with Gasteiger partial charge < -0.3 is 14.5 Å². The Morgan fingerprint density at radius 3 is 2.47 bits per heavy atom. The zero-order chi connectivity index (χ0) is 22.6. The lowest BCUT2D eigenvalue weighted by molar-refractivity contribution is 0.414. The number of anilines is 1. The van der Waals surface area contributed by atoms with Crippen LogP contribution in [-0.4, -0.2) is 27.1 Å². The van der Waals surface area contributed by atoms with Gasteiger partial charge in [-0.3, -0.25) is 0 Å². The van der Waals surface area contributed by atoms with Crippen LogP contribution in [0.15, 0.2) is 93.2 Å². The number of nitrogens with zero attached hydrogens (tertiary/aromatic N) is 1. The number of hydrogen-bond donors (Lipinski definition) is 1. The van der Waals surface area contributed by atoms with Crippen LogP contribution in [0.25, 0.3) is 11.5 Å². The van der Waals surface area contributed by atoms with Crippen LogP contribution in [0.4, 0.5) is 5.88 Å². The average Bonchev–Trinajstić information content (AvgIpc) is 3.25. The minimum atomic E-state index is -3.86. The smallest absolute Gasteiger partial charge is 0.233 e. The van der Waals surface area contributed by atoms with Crippen molar-refractivity contribution < 1.29 is 17.6 Å². The van der Waals surface area contributed by atoms with Gasteiger partial charge in [-0.25, -0.2) is 8.42 Å². The molecule has 0 aliphatic rings. The van der Waals surface area contributed by atoms with E-state index in [1.54, 1.807) is 37.4 Å². The molecule has 4 aromatic rings. The first-order chi connectivity index (χ1) is 15.5. The molecule has 0 amide bonds. The van der Waals surface area contributed by atoms with Crippen LogP contribution in [0.5, 0.6) is 5.75 Å². The zero-order valence-electron chi connectivity index (χ0n) is 17.9. The first-order valence-corrected chi connectivity index (χ1v) is 11.7. The van der Waals surface area contributed by atoms with Crippen LogP contribution in [0.3, 0.4) is 0 Å². The molecule has 0 saturated heterocycles. The standard InChI is InChI=1S/C25H24N2O4S/c1-18-9-6-7-14-22(18)23-27-25(32(28,29)21-12-4-3-5-13-21)24(31-23)26-16-15-19-10-8-11-20(17-19)30-2/h3-14,17,26H,15-16H2,1-2H3. The van der Waals surface area contributed by atoms with Gasteiger partial charge in [0.25, 0.3) is 0 Å². The molecule has 7 heteroatoms. The number of benzene rings is 3. The van der Waals surface area contributed by atoms with Crippen LogP contribution in [0, 0.1) is 6.92 Å². The van der Waals surface area contributed by atoms with Crippen LogP contribution in [-0.2, 0) is 16.3 Å². The van der Waals surface area contributed by atoms with E-state index in [9.17, 15) is 8.42 Å². The molecule has 0 bridgehead atoms. The first kappa shape index (κ1) is 21.6. The number of oxazole rings is 1. The van der Waals surface area contributed by atoms with Crippen molar-refractivity contribution in [3.05, 3.63) is 90.0 Å². The maximum atomic E-state index is 13.3. The third kappa shape index (κ3) is 4.53. The Morgan fingerprint density at radius 1 is 0.969 bits per heavy atom. The van der Waals surface area contributed by atoms with Gasteiger partial charge in [0.1, 0.15) is 5.75 Å².